The van der Waals surface area contributed by atoms with Crippen molar-refractivity contribution in [3.05, 3.63) is 0 Å². The molecular formula is C16H23NO8. The number of carbonyl (C=O) groups is 4. The summed E-state index contributed by atoms with van der Waals surface area (Å²) in [4.78, 5) is 48.1. The Morgan fingerprint density at radius 2 is 1.56 bits per heavy atom. The first kappa shape index (κ1) is 19.2. The minimum atomic E-state index is -1.24. The molecule has 25 heavy (non-hydrogen) atoms. The highest BCUT2D eigenvalue weighted by Gasteiger charge is 2.61. The van der Waals surface area contributed by atoms with Gasteiger partial charge in [-0.25, -0.2) is 0 Å². The molecule has 9 heteroatoms. The van der Waals surface area contributed by atoms with E-state index in [1.54, 1.807) is 0 Å². The Balaban J connectivity index is 2.44. The van der Waals surface area contributed by atoms with Crippen LogP contribution in [0.25, 0.3) is 0 Å². The predicted molar refractivity (Wildman–Crippen MR) is 82.0 cm³/mol. The Hall–Kier alpha value is -2.16. The molecule has 2 aliphatic heterocycles. The highest BCUT2D eigenvalue weighted by atomic mass is 16.7. The molecule has 2 rings (SSSR count). The van der Waals surface area contributed by atoms with Crippen LogP contribution in [0.4, 0.5) is 0 Å². The van der Waals surface area contributed by atoms with Crippen molar-refractivity contribution in [2.24, 2.45) is 0 Å². The van der Waals surface area contributed by atoms with E-state index in [9.17, 15) is 19.2 Å². The van der Waals surface area contributed by atoms with Gasteiger partial charge in [0.05, 0.1) is 6.61 Å². The number of carbonyl (C=O) groups excluding carboxylic acids is 4. The summed E-state index contributed by atoms with van der Waals surface area (Å²) >= 11 is 0. The highest BCUT2D eigenvalue weighted by Crippen LogP contribution is 2.41. The van der Waals surface area contributed by atoms with Crippen LogP contribution in [-0.2, 0) is 38.1 Å². The molecule has 4 atom stereocenters. The topological polar surface area (TPSA) is 108 Å². The molecule has 2 fully saturated rings. The van der Waals surface area contributed by atoms with Gasteiger partial charge in [0, 0.05) is 40.7 Å². The third-order valence-corrected chi connectivity index (χ3v) is 4.27. The molecule has 2 heterocycles. The molecule has 0 aromatic rings. The second-order valence-corrected chi connectivity index (χ2v) is 6.18. The largest absolute Gasteiger partial charge is 0.456 e. The zero-order valence-electron chi connectivity index (χ0n) is 14.8. The van der Waals surface area contributed by atoms with Gasteiger partial charge in [-0.05, 0) is 6.42 Å². The lowest BCUT2D eigenvalue weighted by Gasteiger charge is -2.50. The number of hydrogen-bond acceptors (Lipinski definition) is 8. The first-order valence-electron chi connectivity index (χ1n) is 8.11. The van der Waals surface area contributed by atoms with Crippen LogP contribution in [0, 0.1) is 0 Å². The molecule has 0 N–H and O–H groups in total. The number of hydrogen-bond donors (Lipinski definition) is 0. The van der Waals surface area contributed by atoms with Crippen LogP contribution >= 0.6 is 0 Å². The lowest BCUT2D eigenvalue weighted by Crippen LogP contribution is -2.69. The van der Waals surface area contributed by atoms with Crippen LogP contribution in [0.3, 0.4) is 0 Å². The molecule has 2 saturated heterocycles. The SMILES string of the molecule is CC(=O)O[C@@H]1[C@@H](OC(C)=O)CO[C@]2(CCCN2C(C)=O)[C@H]1OC(C)=O. The van der Waals surface area contributed by atoms with Crippen molar-refractivity contribution in [3.8, 4) is 0 Å². The fraction of sp³-hybridized carbons (Fsp3) is 0.750. The molecular weight excluding hydrogens is 334 g/mol. The standard InChI is InChI=1S/C16H23NO8/c1-9(18)17-7-5-6-16(17)15(25-12(4)21)14(24-11(3)20)13(8-22-16)23-10(2)19/h13-15H,5-8H2,1-4H3/t13-,14+,15-,16+/m0/s1. The third-order valence-electron chi connectivity index (χ3n) is 4.27. The summed E-state index contributed by atoms with van der Waals surface area (Å²) in [6, 6.07) is 0. The monoisotopic (exact) mass is 357 g/mol. The van der Waals surface area contributed by atoms with Gasteiger partial charge in [-0.2, -0.15) is 0 Å². The predicted octanol–water partition coefficient (Wildman–Crippen LogP) is 0.150. The summed E-state index contributed by atoms with van der Waals surface area (Å²) in [5, 5.41) is 0. The zero-order valence-corrected chi connectivity index (χ0v) is 14.8. The van der Waals surface area contributed by atoms with E-state index in [0.717, 1.165) is 0 Å². The minimum absolute atomic E-state index is 0.0843. The lowest BCUT2D eigenvalue weighted by atomic mass is 9.91. The van der Waals surface area contributed by atoms with Gasteiger partial charge in [0.15, 0.2) is 24.0 Å². The molecule has 2 aliphatic rings. The van der Waals surface area contributed by atoms with Crippen molar-refractivity contribution < 1.29 is 38.1 Å². The maximum Gasteiger partial charge on any atom is 0.303 e. The number of amides is 1. The molecule has 0 bridgehead atoms. The third kappa shape index (κ3) is 3.92. The second kappa shape index (κ2) is 7.38. The molecule has 140 valence electrons. The van der Waals surface area contributed by atoms with Crippen molar-refractivity contribution in [2.75, 3.05) is 13.2 Å². The van der Waals surface area contributed by atoms with Crippen LogP contribution in [0.1, 0.15) is 40.5 Å². The van der Waals surface area contributed by atoms with Crippen molar-refractivity contribution in [1.29, 1.82) is 0 Å². The van der Waals surface area contributed by atoms with Gasteiger partial charge < -0.3 is 23.8 Å². The van der Waals surface area contributed by atoms with Gasteiger partial charge >= 0.3 is 17.9 Å². The maximum atomic E-state index is 12.1. The number of likely N-dealkylation sites (tertiary alicyclic amines) is 1. The molecule has 1 amide bonds. The normalized spacial score (nSPS) is 31.5. The Labute approximate surface area is 145 Å². The molecule has 0 unspecified atom stereocenters. The molecule has 0 aromatic heterocycles. The van der Waals surface area contributed by atoms with Gasteiger partial charge in [-0.1, -0.05) is 0 Å². The van der Waals surface area contributed by atoms with Gasteiger partial charge in [-0.3, -0.25) is 19.2 Å². The van der Waals surface area contributed by atoms with E-state index in [-0.39, 0.29) is 12.5 Å². The molecule has 9 nitrogen and oxygen atoms in total. The van der Waals surface area contributed by atoms with Crippen molar-refractivity contribution in [3.63, 3.8) is 0 Å². The van der Waals surface area contributed by atoms with Crippen LogP contribution in [0.15, 0.2) is 0 Å². The Kier molecular flexibility index (Phi) is 5.66. The van der Waals surface area contributed by atoms with Crippen LogP contribution in [0.5, 0.6) is 0 Å². The first-order chi connectivity index (χ1) is 11.7. The van der Waals surface area contributed by atoms with E-state index in [0.29, 0.717) is 19.4 Å². The molecule has 0 radical (unpaired) electrons. The fourth-order valence-corrected chi connectivity index (χ4v) is 3.52. The second-order valence-electron chi connectivity index (χ2n) is 6.18. The summed E-state index contributed by atoms with van der Waals surface area (Å²) in [6.07, 6.45) is -2.06. The molecule has 0 saturated carbocycles. The Bertz CT molecular complexity index is 576. The van der Waals surface area contributed by atoms with Crippen molar-refractivity contribution >= 4 is 23.8 Å². The van der Waals surface area contributed by atoms with Gasteiger partial charge in [0.1, 0.15) is 0 Å². The summed E-state index contributed by atoms with van der Waals surface area (Å²) < 4.78 is 21.8. The average Bonchev–Trinajstić information content (AvgIpc) is 2.89. The summed E-state index contributed by atoms with van der Waals surface area (Å²) in [7, 11) is 0. The zero-order chi connectivity index (χ0) is 18.8. The Morgan fingerprint density at radius 1 is 0.960 bits per heavy atom. The van der Waals surface area contributed by atoms with Gasteiger partial charge in [0.2, 0.25) is 5.91 Å². The average molecular weight is 357 g/mol. The van der Waals surface area contributed by atoms with E-state index in [1.165, 1.54) is 32.6 Å². The quantitative estimate of drug-likeness (QED) is 0.519. The van der Waals surface area contributed by atoms with Gasteiger partial charge in [-0.15, -0.1) is 0 Å². The number of rotatable bonds is 3. The maximum absolute atomic E-state index is 12.1. The highest BCUT2D eigenvalue weighted by molar-refractivity contribution is 5.75. The van der Waals surface area contributed by atoms with E-state index >= 15 is 0 Å². The smallest absolute Gasteiger partial charge is 0.303 e. The van der Waals surface area contributed by atoms with Crippen molar-refractivity contribution in [2.45, 2.75) is 64.6 Å². The van der Waals surface area contributed by atoms with Gasteiger partial charge in [0.25, 0.3) is 0 Å². The first-order valence-corrected chi connectivity index (χ1v) is 8.11. The lowest BCUT2D eigenvalue weighted by molar-refractivity contribution is -0.284. The van der Waals surface area contributed by atoms with Crippen LogP contribution in [-0.4, -0.2) is 65.9 Å². The van der Waals surface area contributed by atoms with Crippen molar-refractivity contribution in [1.82, 2.24) is 4.90 Å². The molecule has 0 aliphatic carbocycles. The summed E-state index contributed by atoms with van der Waals surface area (Å²) in [5.74, 6) is -2.08. The van der Waals surface area contributed by atoms with E-state index in [4.69, 9.17) is 18.9 Å². The summed E-state index contributed by atoms with van der Waals surface area (Å²) in [6.45, 7) is 5.36. The Morgan fingerprint density at radius 3 is 2.08 bits per heavy atom. The molecule has 0 aromatic carbocycles. The van der Waals surface area contributed by atoms with E-state index < -0.39 is 41.9 Å². The fourth-order valence-electron chi connectivity index (χ4n) is 3.52. The molecule has 1 spiro atoms. The van der Waals surface area contributed by atoms with Crippen LogP contribution in [0.2, 0.25) is 0 Å². The summed E-state index contributed by atoms with van der Waals surface area (Å²) in [5.41, 5.74) is -1.24. The number of nitrogens with zero attached hydrogens (tertiary/aromatic N) is 1. The van der Waals surface area contributed by atoms with E-state index in [2.05, 4.69) is 0 Å². The number of esters is 3. The van der Waals surface area contributed by atoms with E-state index in [1.807, 2.05) is 0 Å². The van der Waals surface area contributed by atoms with Crippen LogP contribution < -0.4 is 0 Å². The number of ether oxygens (including phenoxy) is 4. The minimum Gasteiger partial charge on any atom is -0.456 e.